The van der Waals surface area contributed by atoms with E-state index < -0.39 is 5.97 Å². The maximum Gasteiger partial charge on any atom is 0.331 e. The summed E-state index contributed by atoms with van der Waals surface area (Å²) in [6.07, 6.45) is 0. The number of methoxy groups -OCH3 is 6. The Morgan fingerprint density at radius 2 is 1.31 bits per heavy atom. The lowest BCUT2D eigenvalue weighted by Crippen LogP contribution is -2.11. The highest BCUT2D eigenvalue weighted by Crippen LogP contribution is 2.52. The van der Waals surface area contributed by atoms with Crippen molar-refractivity contribution >= 4 is 27.5 Å². The van der Waals surface area contributed by atoms with Gasteiger partial charge in [-0.25, -0.2) is 4.79 Å². The van der Waals surface area contributed by atoms with Crippen molar-refractivity contribution in [1.29, 1.82) is 0 Å². The number of carbonyl (C=O) groups is 1. The lowest BCUT2D eigenvalue weighted by atomic mass is 9.93. The SMILES string of the molecule is COC(=O)COCc1c(OC)cc2c(OC)c3c(OC)ccc(OC)c3c(OC)c2c1C. The predicted octanol–water partition coefficient (Wildman–Crippen LogP) is 4.03. The fourth-order valence-electron chi connectivity index (χ4n) is 3.99. The minimum atomic E-state index is -0.454. The quantitative estimate of drug-likeness (QED) is 0.361. The summed E-state index contributed by atoms with van der Waals surface area (Å²) < 4.78 is 38.9. The van der Waals surface area contributed by atoms with Crippen molar-refractivity contribution in [2.45, 2.75) is 13.5 Å². The first-order valence-corrected chi connectivity index (χ1v) is 9.90. The third-order valence-electron chi connectivity index (χ3n) is 5.49. The van der Waals surface area contributed by atoms with Gasteiger partial charge in [-0.1, -0.05) is 0 Å². The molecule has 0 aliphatic rings. The smallest absolute Gasteiger partial charge is 0.331 e. The molecule has 0 aliphatic carbocycles. The second-order valence-electron chi connectivity index (χ2n) is 6.96. The summed E-state index contributed by atoms with van der Waals surface area (Å²) in [6, 6.07) is 5.53. The minimum Gasteiger partial charge on any atom is -0.496 e. The van der Waals surface area contributed by atoms with Gasteiger partial charge < -0.3 is 33.2 Å². The Balaban J connectivity index is 2.42. The van der Waals surface area contributed by atoms with Gasteiger partial charge in [-0.15, -0.1) is 0 Å². The average molecular weight is 444 g/mol. The molecule has 8 nitrogen and oxygen atoms in total. The molecule has 0 amide bonds. The van der Waals surface area contributed by atoms with Crippen LogP contribution in [-0.4, -0.2) is 55.2 Å². The van der Waals surface area contributed by atoms with E-state index in [9.17, 15) is 4.79 Å². The van der Waals surface area contributed by atoms with Gasteiger partial charge in [0.1, 0.15) is 35.4 Å². The Labute approximate surface area is 186 Å². The second-order valence-corrected chi connectivity index (χ2v) is 6.96. The summed E-state index contributed by atoms with van der Waals surface area (Å²) in [5.74, 6) is 2.61. The predicted molar refractivity (Wildman–Crippen MR) is 121 cm³/mol. The maximum atomic E-state index is 11.5. The number of ether oxygens (including phenoxy) is 7. The summed E-state index contributed by atoms with van der Waals surface area (Å²) in [4.78, 5) is 11.5. The summed E-state index contributed by atoms with van der Waals surface area (Å²) in [5, 5.41) is 3.07. The summed E-state index contributed by atoms with van der Waals surface area (Å²) in [7, 11) is 9.32. The molecule has 3 rings (SSSR count). The highest BCUT2D eigenvalue weighted by molar-refractivity contribution is 6.16. The first kappa shape index (κ1) is 23.3. The van der Waals surface area contributed by atoms with Gasteiger partial charge in [0.05, 0.1) is 60.0 Å². The number of hydrogen-bond donors (Lipinski definition) is 0. The third-order valence-corrected chi connectivity index (χ3v) is 5.49. The topological polar surface area (TPSA) is 81.7 Å². The first-order valence-electron chi connectivity index (χ1n) is 9.90. The van der Waals surface area contributed by atoms with Crippen molar-refractivity contribution in [2.24, 2.45) is 0 Å². The van der Waals surface area contributed by atoms with E-state index in [0.29, 0.717) is 28.7 Å². The molecule has 0 saturated carbocycles. The first-order chi connectivity index (χ1) is 15.5. The minimum absolute atomic E-state index is 0.152. The fraction of sp³-hybridized carbons (Fsp3) is 0.375. The molecule has 8 heteroatoms. The molecule has 0 atom stereocenters. The average Bonchev–Trinajstić information content (AvgIpc) is 2.82. The monoisotopic (exact) mass is 444 g/mol. The Bertz CT molecular complexity index is 1150. The zero-order valence-corrected chi connectivity index (χ0v) is 19.4. The fourth-order valence-corrected chi connectivity index (χ4v) is 3.99. The molecule has 0 bridgehead atoms. The van der Waals surface area contributed by atoms with Crippen LogP contribution in [0.25, 0.3) is 21.5 Å². The van der Waals surface area contributed by atoms with Crippen LogP contribution in [0.4, 0.5) is 0 Å². The highest BCUT2D eigenvalue weighted by atomic mass is 16.6. The molecule has 3 aromatic rings. The molecule has 32 heavy (non-hydrogen) atoms. The van der Waals surface area contributed by atoms with Gasteiger partial charge in [0.2, 0.25) is 0 Å². The maximum absolute atomic E-state index is 11.5. The largest absolute Gasteiger partial charge is 0.496 e. The number of carbonyl (C=O) groups excluding carboxylic acids is 1. The van der Waals surface area contributed by atoms with Gasteiger partial charge in [-0.2, -0.15) is 0 Å². The van der Waals surface area contributed by atoms with Crippen LogP contribution < -0.4 is 23.7 Å². The zero-order valence-electron chi connectivity index (χ0n) is 19.4. The van der Waals surface area contributed by atoms with Gasteiger partial charge in [-0.3, -0.25) is 0 Å². The van der Waals surface area contributed by atoms with Gasteiger partial charge in [0.15, 0.2) is 0 Å². The zero-order chi connectivity index (χ0) is 23.4. The number of benzene rings is 3. The normalized spacial score (nSPS) is 10.8. The molecule has 0 unspecified atom stereocenters. The molecule has 0 heterocycles. The van der Waals surface area contributed by atoms with Crippen LogP contribution in [-0.2, 0) is 20.9 Å². The van der Waals surface area contributed by atoms with Gasteiger partial charge in [-0.05, 0) is 30.7 Å². The molecular formula is C24H28O8. The summed E-state index contributed by atoms with van der Waals surface area (Å²) >= 11 is 0. The van der Waals surface area contributed by atoms with Crippen molar-refractivity contribution in [3.05, 3.63) is 29.3 Å². The molecule has 0 aliphatic heterocycles. The Kier molecular flexibility index (Phi) is 7.15. The lowest BCUT2D eigenvalue weighted by Gasteiger charge is -2.22. The van der Waals surface area contributed by atoms with Crippen LogP contribution in [0, 0.1) is 6.92 Å². The van der Waals surface area contributed by atoms with Crippen molar-refractivity contribution < 1.29 is 38.0 Å². The summed E-state index contributed by atoms with van der Waals surface area (Å²) in [5.41, 5.74) is 1.65. The van der Waals surface area contributed by atoms with Crippen LogP contribution in [0.15, 0.2) is 18.2 Å². The highest BCUT2D eigenvalue weighted by Gasteiger charge is 2.25. The summed E-state index contributed by atoms with van der Waals surface area (Å²) in [6.45, 7) is 1.93. The molecule has 0 saturated heterocycles. The second kappa shape index (κ2) is 9.82. The van der Waals surface area contributed by atoms with Crippen molar-refractivity contribution in [1.82, 2.24) is 0 Å². The van der Waals surface area contributed by atoms with E-state index in [4.69, 9.17) is 28.4 Å². The number of hydrogen-bond acceptors (Lipinski definition) is 8. The van der Waals surface area contributed by atoms with Gasteiger partial charge in [0, 0.05) is 16.3 Å². The number of aryl methyl sites for hydroxylation is 1. The van der Waals surface area contributed by atoms with E-state index in [-0.39, 0.29) is 13.2 Å². The molecule has 0 fully saturated rings. The van der Waals surface area contributed by atoms with Gasteiger partial charge >= 0.3 is 5.97 Å². The van der Waals surface area contributed by atoms with Crippen LogP contribution in [0.2, 0.25) is 0 Å². The van der Waals surface area contributed by atoms with Crippen molar-refractivity contribution in [2.75, 3.05) is 49.3 Å². The van der Waals surface area contributed by atoms with Crippen LogP contribution in [0.5, 0.6) is 28.7 Å². The Hall–Kier alpha value is -3.39. The van der Waals surface area contributed by atoms with Crippen molar-refractivity contribution in [3.63, 3.8) is 0 Å². The standard InChI is InChI=1S/C24H28O8/c1-13-15(11-32-12-19(25)29-5)18(28-4)10-14-20(13)24(31-7)22-17(27-3)9-8-16(26-2)21(22)23(14)30-6/h8-10H,11-12H2,1-7H3. The molecule has 0 N–H and O–H groups in total. The number of esters is 1. The van der Waals surface area contributed by atoms with E-state index in [1.54, 1.807) is 35.5 Å². The molecular weight excluding hydrogens is 416 g/mol. The number of fused-ring (bicyclic) bond motifs is 2. The van der Waals surface area contributed by atoms with Crippen LogP contribution in [0.3, 0.4) is 0 Å². The van der Waals surface area contributed by atoms with Crippen molar-refractivity contribution in [3.8, 4) is 28.7 Å². The van der Waals surface area contributed by atoms with Gasteiger partial charge in [0.25, 0.3) is 0 Å². The van der Waals surface area contributed by atoms with E-state index in [0.717, 1.165) is 32.7 Å². The molecule has 0 spiro atoms. The van der Waals surface area contributed by atoms with E-state index in [1.165, 1.54) is 7.11 Å². The van der Waals surface area contributed by atoms with E-state index >= 15 is 0 Å². The molecule has 0 aromatic heterocycles. The Morgan fingerprint density at radius 3 is 1.81 bits per heavy atom. The number of rotatable bonds is 9. The third kappa shape index (κ3) is 3.82. The molecule has 0 radical (unpaired) electrons. The van der Waals surface area contributed by atoms with E-state index in [2.05, 4.69) is 4.74 Å². The lowest BCUT2D eigenvalue weighted by molar-refractivity contribution is -0.146. The Morgan fingerprint density at radius 1 is 0.750 bits per heavy atom. The van der Waals surface area contributed by atoms with Crippen LogP contribution in [0.1, 0.15) is 11.1 Å². The molecule has 172 valence electrons. The van der Waals surface area contributed by atoms with E-state index in [1.807, 2.05) is 25.1 Å². The van der Waals surface area contributed by atoms with Crippen LogP contribution >= 0.6 is 0 Å². The molecule has 3 aromatic carbocycles.